The van der Waals surface area contributed by atoms with Gasteiger partial charge in [0.15, 0.2) is 0 Å². The molecule has 0 saturated heterocycles. The Morgan fingerprint density at radius 1 is 1.56 bits per heavy atom. The van der Waals surface area contributed by atoms with Crippen molar-refractivity contribution in [2.75, 3.05) is 0 Å². The van der Waals surface area contributed by atoms with Gasteiger partial charge in [0.25, 0.3) is 5.91 Å². The Bertz CT molecular complexity index is 437. The third kappa shape index (κ3) is 1.69. The van der Waals surface area contributed by atoms with E-state index >= 15 is 0 Å². The molecule has 6 heteroatoms. The number of rotatable bonds is 3. The fourth-order valence-electron chi connectivity index (χ4n) is 1.72. The largest absolute Gasteiger partial charge is 0.480 e. The molecule has 1 aliphatic rings. The van der Waals surface area contributed by atoms with E-state index in [4.69, 9.17) is 5.11 Å². The van der Waals surface area contributed by atoms with Crippen molar-refractivity contribution in [1.82, 2.24) is 10.3 Å². The van der Waals surface area contributed by atoms with E-state index in [0.717, 1.165) is 6.42 Å². The number of aliphatic carboxylic acids is 1. The van der Waals surface area contributed by atoms with Gasteiger partial charge in [0.2, 0.25) is 0 Å². The normalized spacial score (nSPS) is 17.6. The first-order chi connectivity index (χ1) is 7.55. The van der Waals surface area contributed by atoms with Gasteiger partial charge in [-0.2, -0.15) is 0 Å². The molecule has 2 rings (SSSR count). The lowest BCUT2D eigenvalue weighted by Gasteiger charge is -2.38. The summed E-state index contributed by atoms with van der Waals surface area (Å²) >= 11 is 1.23. The van der Waals surface area contributed by atoms with Gasteiger partial charge in [-0.25, -0.2) is 9.78 Å². The van der Waals surface area contributed by atoms with E-state index in [9.17, 15) is 9.59 Å². The maximum atomic E-state index is 11.8. The number of nitrogens with one attached hydrogen (secondary N) is 1. The van der Waals surface area contributed by atoms with E-state index in [2.05, 4.69) is 10.3 Å². The second-order valence-corrected chi connectivity index (χ2v) is 4.82. The average molecular weight is 240 g/mol. The Morgan fingerprint density at radius 2 is 2.25 bits per heavy atom. The monoisotopic (exact) mass is 240 g/mol. The summed E-state index contributed by atoms with van der Waals surface area (Å²) in [6, 6.07) is 0. The summed E-state index contributed by atoms with van der Waals surface area (Å²) in [6.45, 7) is 1.74. The molecule has 0 unspecified atom stereocenters. The van der Waals surface area contributed by atoms with Crippen LogP contribution in [0.2, 0.25) is 0 Å². The van der Waals surface area contributed by atoms with Gasteiger partial charge in [-0.1, -0.05) is 0 Å². The smallest absolute Gasteiger partial charge is 0.329 e. The Kier molecular flexibility index (Phi) is 2.67. The lowest BCUT2D eigenvalue weighted by atomic mass is 9.76. The second kappa shape index (κ2) is 3.86. The topological polar surface area (TPSA) is 79.3 Å². The van der Waals surface area contributed by atoms with Crippen LogP contribution < -0.4 is 5.32 Å². The zero-order valence-corrected chi connectivity index (χ0v) is 9.63. The molecule has 5 nitrogen and oxygen atoms in total. The Balaban J connectivity index is 2.13. The molecule has 0 spiro atoms. The minimum absolute atomic E-state index is 0.331. The van der Waals surface area contributed by atoms with Gasteiger partial charge in [-0.15, -0.1) is 11.3 Å². The molecule has 0 bridgehead atoms. The van der Waals surface area contributed by atoms with Gasteiger partial charge in [0.05, 0.1) is 11.2 Å². The maximum Gasteiger partial charge on any atom is 0.329 e. The van der Waals surface area contributed by atoms with Crippen LogP contribution in [0.4, 0.5) is 0 Å². The molecule has 1 fully saturated rings. The third-order valence-electron chi connectivity index (χ3n) is 2.92. The van der Waals surface area contributed by atoms with E-state index in [-0.39, 0.29) is 5.91 Å². The highest BCUT2D eigenvalue weighted by molar-refractivity contribution is 7.11. The fourth-order valence-corrected chi connectivity index (χ4v) is 2.41. The average Bonchev–Trinajstić information content (AvgIpc) is 2.57. The summed E-state index contributed by atoms with van der Waals surface area (Å²) in [6.07, 6.45) is 1.85. The number of nitrogens with zero attached hydrogens (tertiary/aromatic N) is 1. The fraction of sp³-hybridized carbons (Fsp3) is 0.500. The number of hydrogen-bond acceptors (Lipinski definition) is 4. The highest BCUT2D eigenvalue weighted by atomic mass is 32.1. The van der Waals surface area contributed by atoms with Crippen molar-refractivity contribution in [3.63, 3.8) is 0 Å². The zero-order valence-electron chi connectivity index (χ0n) is 8.82. The molecule has 0 aliphatic heterocycles. The second-order valence-electron chi connectivity index (χ2n) is 3.96. The van der Waals surface area contributed by atoms with Gasteiger partial charge in [0, 0.05) is 0 Å². The predicted molar refractivity (Wildman–Crippen MR) is 58.5 cm³/mol. The molecule has 1 aliphatic carbocycles. The highest BCUT2D eigenvalue weighted by Crippen LogP contribution is 2.32. The number of carboxylic acid groups (broad SMARTS) is 1. The van der Waals surface area contributed by atoms with Gasteiger partial charge < -0.3 is 10.4 Å². The molecule has 16 heavy (non-hydrogen) atoms. The Labute approximate surface area is 96.5 Å². The quantitative estimate of drug-likeness (QED) is 0.831. The van der Waals surface area contributed by atoms with Crippen LogP contribution in [0.15, 0.2) is 5.51 Å². The first kappa shape index (κ1) is 11.1. The number of aryl methyl sites for hydroxylation is 1. The highest BCUT2D eigenvalue weighted by Gasteiger charge is 2.46. The number of amides is 1. The Hall–Kier alpha value is -1.43. The SMILES string of the molecule is Cc1ncsc1C(=O)NC1(C(=O)O)CCC1. The van der Waals surface area contributed by atoms with Crippen LogP contribution in [0, 0.1) is 6.92 Å². The minimum Gasteiger partial charge on any atom is -0.480 e. The summed E-state index contributed by atoms with van der Waals surface area (Å²) in [5.41, 5.74) is 1.17. The van der Waals surface area contributed by atoms with Crippen LogP contribution >= 0.6 is 11.3 Å². The number of thiazole rings is 1. The first-order valence-electron chi connectivity index (χ1n) is 5.01. The third-order valence-corrected chi connectivity index (χ3v) is 3.85. The number of hydrogen-bond donors (Lipinski definition) is 2. The lowest BCUT2D eigenvalue weighted by molar-refractivity contribution is -0.148. The van der Waals surface area contributed by atoms with Crippen molar-refractivity contribution >= 4 is 23.2 Å². The number of carboxylic acids is 1. The van der Waals surface area contributed by atoms with Crippen LogP contribution in [-0.4, -0.2) is 27.5 Å². The summed E-state index contributed by atoms with van der Waals surface area (Å²) in [5.74, 6) is -1.28. The summed E-state index contributed by atoms with van der Waals surface area (Å²) in [7, 11) is 0. The molecule has 0 atom stereocenters. The van der Waals surface area contributed by atoms with Gasteiger partial charge >= 0.3 is 5.97 Å². The molecule has 86 valence electrons. The van der Waals surface area contributed by atoms with Gasteiger partial charge in [-0.3, -0.25) is 4.79 Å². The number of carbonyl (C=O) groups is 2. The molecular weight excluding hydrogens is 228 g/mol. The van der Waals surface area contributed by atoms with E-state index in [1.165, 1.54) is 11.3 Å². The lowest BCUT2D eigenvalue weighted by Crippen LogP contribution is -2.59. The summed E-state index contributed by atoms with van der Waals surface area (Å²) in [5, 5.41) is 11.7. The summed E-state index contributed by atoms with van der Waals surface area (Å²) < 4.78 is 0. The number of aromatic nitrogens is 1. The van der Waals surface area contributed by atoms with E-state index in [1.807, 2.05) is 0 Å². The van der Waals surface area contributed by atoms with Crippen molar-refractivity contribution in [2.45, 2.75) is 31.7 Å². The molecule has 2 N–H and O–H groups in total. The van der Waals surface area contributed by atoms with Crippen LogP contribution in [0.5, 0.6) is 0 Å². The molecule has 1 aromatic heterocycles. The van der Waals surface area contributed by atoms with Crippen molar-refractivity contribution in [2.24, 2.45) is 0 Å². The first-order valence-corrected chi connectivity index (χ1v) is 5.89. The molecule has 0 radical (unpaired) electrons. The van der Waals surface area contributed by atoms with Crippen molar-refractivity contribution < 1.29 is 14.7 Å². The van der Waals surface area contributed by atoms with Crippen molar-refractivity contribution in [3.8, 4) is 0 Å². The predicted octanol–water partition coefficient (Wildman–Crippen LogP) is 1.19. The number of carbonyl (C=O) groups excluding carboxylic acids is 1. The van der Waals surface area contributed by atoms with Crippen LogP contribution in [0.3, 0.4) is 0 Å². The van der Waals surface area contributed by atoms with Crippen LogP contribution in [0.25, 0.3) is 0 Å². The van der Waals surface area contributed by atoms with Gasteiger partial charge in [0.1, 0.15) is 10.4 Å². The maximum absolute atomic E-state index is 11.8. The molecule has 1 aromatic rings. The van der Waals surface area contributed by atoms with Crippen molar-refractivity contribution in [3.05, 3.63) is 16.1 Å². The molecular formula is C10H12N2O3S. The Morgan fingerprint density at radius 3 is 2.62 bits per heavy atom. The van der Waals surface area contributed by atoms with Crippen LogP contribution in [-0.2, 0) is 4.79 Å². The van der Waals surface area contributed by atoms with E-state index < -0.39 is 11.5 Å². The van der Waals surface area contributed by atoms with E-state index in [0.29, 0.717) is 23.4 Å². The molecule has 1 heterocycles. The molecule has 1 saturated carbocycles. The van der Waals surface area contributed by atoms with Crippen molar-refractivity contribution in [1.29, 1.82) is 0 Å². The minimum atomic E-state index is -1.05. The molecule has 1 amide bonds. The standard InChI is InChI=1S/C10H12N2O3S/c1-6-7(16-5-11-6)8(13)12-10(9(14)15)3-2-4-10/h5H,2-4H2,1H3,(H,12,13)(H,14,15). The van der Waals surface area contributed by atoms with E-state index in [1.54, 1.807) is 12.4 Å². The van der Waals surface area contributed by atoms with Crippen LogP contribution in [0.1, 0.15) is 34.6 Å². The summed E-state index contributed by atoms with van der Waals surface area (Å²) in [4.78, 5) is 27.4. The van der Waals surface area contributed by atoms with Gasteiger partial charge in [-0.05, 0) is 26.2 Å². The zero-order chi connectivity index (χ0) is 11.8. The molecule has 0 aromatic carbocycles.